The van der Waals surface area contributed by atoms with E-state index in [-0.39, 0.29) is 12.3 Å². The monoisotopic (exact) mass is 394 g/mol. The lowest BCUT2D eigenvalue weighted by molar-refractivity contribution is -0.137. The Labute approximate surface area is 159 Å². The van der Waals surface area contributed by atoms with E-state index in [1.807, 2.05) is 0 Å². The Kier molecular flexibility index (Phi) is 7.14. The van der Waals surface area contributed by atoms with Crippen molar-refractivity contribution in [2.24, 2.45) is 10.3 Å². The molecule has 6 nitrogen and oxygen atoms in total. The van der Waals surface area contributed by atoms with Gasteiger partial charge in [-0.05, 0) is 17.7 Å². The Bertz CT molecular complexity index is 879. The lowest BCUT2D eigenvalue weighted by Gasteiger charge is -2.08. The van der Waals surface area contributed by atoms with Crippen LogP contribution in [0.3, 0.4) is 0 Å². The summed E-state index contributed by atoms with van der Waals surface area (Å²) in [6.45, 7) is -0.154. The molecular weight excluding hydrogens is 377 g/mol. The average molecular weight is 394 g/mol. The number of methoxy groups -OCH3 is 1. The van der Waals surface area contributed by atoms with E-state index in [0.717, 1.165) is 12.1 Å². The van der Waals surface area contributed by atoms with Gasteiger partial charge in [-0.1, -0.05) is 46.7 Å². The maximum atomic E-state index is 12.7. The number of alkyl halides is 3. The average Bonchev–Trinajstić information content (AvgIpc) is 2.69. The van der Waals surface area contributed by atoms with Crippen molar-refractivity contribution >= 4 is 17.9 Å². The van der Waals surface area contributed by atoms with Crippen molar-refractivity contribution in [1.29, 1.82) is 0 Å². The molecular formula is C19H17F3N2O4. The van der Waals surface area contributed by atoms with E-state index in [4.69, 9.17) is 4.84 Å². The molecule has 0 aliphatic carbocycles. The van der Waals surface area contributed by atoms with Crippen LogP contribution < -0.4 is 0 Å². The van der Waals surface area contributed by atoms with Gasteiger partial charge in [0.1, 0.15) is 13.7 Å². The van der Waals surface area contributed by atoms with Gasteiger partial charge in [-0.2, -0.15) is 13.2 Å². The van der Waals surface area contributed by atoms with Crippen LogP contribution >= 0.6 is 0 Å². The van der Waals surface area contributed by atoms with Crippen LogP contribution in [0.2, 0.25) is 0 Å². The highest BCUT2D eigenvalue weighted by Crippen LogP contribution is 2.29. The highest BCUT2D eigenvalue weighted by molar-refractivity contribution is 6.44. The van der Waals surface area contributed by atoms with Gasteiger partial charge in [0, 0.05) is 11.1 Å². The summed E-state index contributed by atoms with van der Waals surface area (Å²) in [5.41, 5.74) is 0.359. The highest BCUT2D eigenvalue weighted by atomic mass is 19.4. The molecule has 0 unspecified atom stereocenters. The number of benzene rings is 2. The topological polar surface area (TPSA) is 69.5 Å². The number of hydrogen-bond donors (Lipinski definition) is 0. The number of halogens is 3. The van der Waals surface area contributed by atoms with Crippen LogP contribution in [0.1, 0.15) is 22.3 Å². The van der Waals surface area contributed by atoms with Gasteiger partial charge in [0.05, 0.1) is 18.9 Å². The Morgan fingerprint density at radius 1 is 1.11 bits per heavy atom. The highest BCUT2D eigenvalue weighted by Gasteiger charge is 2.30. The third kappa shape index (κ3) is 5.57. The zero-order valence-corrected chi connectivity index (χ0v) is 15.1. The summed E-state index contributed by atoms with van der Waals surface area (Å²) in [5.74, 6) is -0.701. The Hall–Kier alpha value is -3.36. The first-order valence-corrected chi connectivity index (χ1v) is 7.97. The first-order chi connectivity index (χ1) is 13.4. The maximum Gasteiger partial charge on any atom is 0.416 e. The second kappa shape index (κ2) is 9.54. The molecule has 0 saturated carbocycles. The van der Waals surface area contributed by atoms with E-state index >= 15 is 0 Å². The molecule has 2 aromatic rings. The third-order valence-electron chi connectivity index (χ3n) is 3.53. The summed E-state index contributed by atoms with van der Waals surface area (Å²) < 4.78 is 42.9. The molecule has 0 spiro atoms. The van der Waals surface area contributed by atoms with Gasteiger partial charge in [0.25, 0.3) is 0 Å². The number of esters is 1. The number of hydrogen-bond acceptors (Lipinski definition) is 6. The fourth-order valence-corrected chi connectivity index (χ4v) is 2.25. The zero-order valence-electron chi connectivity index (χ0n) is 15.1. The molecule has 0 aromatic heterocycles. The van der Waals surface area contributed by atoms with Crippen molar-refractivity contribution in [3.8, 4) is 0 Å². The van der Waals surface area contributed by atoms with Crippen LogP contribution in [0, 0.1) is 0 Å². The lowest BCUT2D eigenvalue weighted by atomic mass is 10.0. The van der Waals surface area contributed by atoms with E-state index in [9.17, 15) is 18.0 Å². The first kappa shape index (κ1) is 20.9. The minimum absolute atomic E-state index is 0.0649. The molecule has 0 aliphatic heterocycles. The first-order valence-electron chi connectivity index (χ1n) is 7.97. The Morgan fingerprint density at radius 3 is 2.54 bits per heavy atom. The number of carbonyl (C=O) groups excluding carboxylic acids is 1. The van der Waals surface area contributed by atoms with Crippen LogP contribution in [0.15, 0.2) is 58.8 Å². The number of rotatable bonds is 7. The van der Waals surface area contributed by atoms with Gasteiger partial charge in [0.15, 0.2) is 5.71 Å². The van der Waals surface area contributed by atoms with Crippen molar-refractivity contribution in [3.63, 3.8) is 0 Å². The smallest absolute Gasteiger partial charge is 0.416 e. The van der Waals surface area contributed by atoms with Crippen molar-refractivity contribution in [3.05, 3.63) is 70.8 Å². The van der Waals surface area contributed by atoms with Gasteiger partial charge >= 0.3 is 12.1 Å². The van der Waals surface area contributed by atoms with Crippen molar-refractivity contribution < 1.29 is 32.4 Å². The number of carbonyl (C=O) groups is 1. The van der Waals surface area contributed by atoms with Crippen LogP contribution in [0.5, 0.6) is 0 Å². The minimum Gasteiger partial charge on any atom is -0.464 e. The second-order valence-electron chi connectivity index (χ2n) is 5.41. The van der Waals surface area contributed by atoms with E-state index in [1.54, 1.807) is 24.3 Å². The SMILES string of the molecule is CO/N=C(\C(=O)OC)c1ccccc1/C=N/OCc1cccc(C(F)(F)F)c1. The molecule has 0 aliphatic rings. The van der Waals surface area contributed by atoms with E-state index in [1.165, 1.54) is 32.6 Å². The molecule has 0 fully saturated rings. The summed E-state index contributed by atoms with van der Waals surface area (Å²) in [6, 6.07) is 11.4. The molecule has 148 valence electrons. The molecule has 9 heteroatoms. The lowest BCUT2D eigenvalue weighted by Crippen LogP contribution is -2.19. The summed E-state index contributed by atoms with van der Waals surface area (Å²) in [6.07, 6.45) is -3.11. The molecule has 0 amide bonds. The molecule has 2 aromatic carbocycles. The molecule has 0 radical (unpaired) electrons. The minimum atomic E-state index is -4.43. The summed E-state index contributed by atoms with van der Waals surface area (Å²) in [5, 5.41) is 7.43. The quantitative estimate of drug-likeness (QED) is 0.407. The summed E-state index contributed by atoms with van der Waals surface area (Å²) in [7, 11) is 2.50. The normalized spacial score (nSPS) is 12.1. The fraction of sp³-hybridized carbons (Fsp3) is 0.211. The van der Waals surface area contributed by atoms with Crippen molar-refractivity contribution in [2.75, 3.05) is 14.2 Å². The molecule has 0 saturated heterocycles. The third-order valence-corrected chi connectivity index (χ3v) is 3.53. The molecule has 0 N–H and O–H groups in total. The van der Waals surface area contributed by atoms with E-state index < -0.39 is 17.7 Å². The van der Waals surface area contributed by atoms with Gasteiger partial charge in [-0.25, -0.2) is 4.79 Å². The fourth-order valence-electron chi connectivity index (χ4n) is 2.25. The molecule has 2 rings (SSSR count). The molecule has 28 heavy (non-hydrogen) atoms. The predicted molar refractivity (Wildman–Crippen MR) is 95.8 cm³/mol. The zero-order chi connectivity index (χ0) is 20.6. The van der Waals surface area contributed by atoms with Gasteiger partial charge < -0.3 is 14.4 Å². The largest absolute Gasteiger partial charge is 0.464 e. The van der Waals surface area contributed by atoms with E-state index in [0.29, 0.717) is 16.7 Å². The summed E-state index contributed by atoms with van der Waals surface area (Å²) >= 11 is 0. The molecule has 0 atom stereocenters. The van der Waals surface area contributed by atoms with E-state index in [2.05, 4.69) is 19.9 Å². The van der Waals surface area contributed by atoms with Crippen molar-refractivity contribution in [1.82, 2.24) is 0 Å². The van der Waals surface area contributed by atoms with Crippen LogP contribution in [0.25, 0.3) is 0 Å². The van der Waals surface area contributed by atoms with Gasteiger partial charge in [0.2, 0.25) is 0 Å². The molecule has 0 heterocycles. The maximum absolute atomic E-state index is 12.7. The van der Waals surface area contributed by atoms with Crippen LogP contribution in [0.4, 0.5) is 13.2 Å². The Balaban J connectivity index is 2.14. The number of oxime groups is 2. The van der Waals surface area contributed by atoms with Crippen LogP contribution in [-0.4, -0.2) is 32.1 Å². The van der Waals surface area contributed by atoms with Crippen molar-refractivity contribution in [2.45, 2.75) is 12.8 Å². The Morgan fingerprint density at radius 2 is 1.86 bits per heavy atom. The number of ether oxygens (including phenoxy) is 1. The van der Waals surface area contributed by atoms with Gasteiger partial charge in [-0.15, -0.1) is 0 Å². The summed E-state index contributed by atoms with van der Waals surface area (Å²) in [4.78, 5) is 21.6. The molecule has 0 bridgehead atoms. The number of nitrogens with zero attached hydrogens (tertiary/aromatic N) is 2. The van der Waals surface area contributed by atoms with Crippen LogP contribution in [-0.2, 0) is 32.0 Å². The van der Waals surface area contributed by atoms with Gasteiger partial charge in [-0.3, -0.25) is 0 Å². The second-order valence-corrected chi connectivity index (χ2v) is 5.41. The predicted octanol–water partition coefficient (Wildman–Crippen LogP) is 3.78. The standard InChI is InChI=1S/C19H17F3N2O4/c1-26-18(25)17(24-27-2)16-9-4-3-7-14(16)11-23-28-12-13-6-5-8-15(10-13)19(20,21)22/h3-11H,12H2,1-2H3/b23-11+,24-17-.